The van der Waals surface area contributed by atoms with Gasteiger partial charge in [0.15, 0.2) is 0 Å². The molecule has 5 heteroatoms. The van der Waals surface area contributed by atoms with Crippen LogP contribution in [0.1, 0.15) is 16.8 Å². The van der Waals surface area contributed by atoms with Crippen LogP contribution < -0.4 is 5.32 Å². The van der Waals surface area contributed by atoms with E-state index in [1.807, 2.05) is 12.1 Å². The molecule has 122 valence electrons. The minimum Gasteiger partial charge on any atom is -0.508 e. The number of anilines is 1. The van der Waals surface area contributed by atoms with Crippen LogP contribution in [0.2, 0.25) is 0 Å². The van der Waals surface area contributed by atoms with Gasteiger partial charge in [0.05, 0.1) is 11.6 Å². The molecule has 1 atom stereocenters. The summed E-state index contributed by atoms with van der Waals surface area (Å²) < 4.78 is 0. The number of hydrogen-bond acceptors (Lipinski definition) is 4. The largest absolute Gasteiger partial charge is 0.508 e. The number of aromatic carboxylic acids is 1. The van der Waals surface area contributed by atoms with Crippen molar-refractivity contribution in [2.45, 2.75) is 12.5 Å². The van der Waals surface area contributed by atoms with Crippen molar-refractivity contribution in [1.29, 1.82) is 0 Å². The predicted octanol–water partition coefficient (Wildman–Crippen LogP) is 3.94. The molecule has 3 rings (SSSR count). The van der Waals surface area contributed by atoms with Crippen molar-refractivity contribution in [1.82, 2.24) is 0 Å². The molecule has 0 spiro atoms. The normalized spacial score (nSPS) is 16.5. The van der Waals surface area contributed by atoms with E-state index in [2.05, 4.69) is 5.32 Å². The van der Waals surface area contributed by atoms with E-state index in [1.165, 1.54) is 6.07 Å². The third-order valence-corrected chi connectivity index (χ3v) is 3.82. The number of nitrogens with one attached hydrogen (secondary N) is 1. The molecule has 1 aliphatic rings. The van der Waals surface area contributed by atoms with Crippen molar-refractivity contribution < 1.29 is 20.1 Å². The van der Waals surface area contributed by atoms with Crippen molar-refractivity contribution >= 4 is 11.7 Å². The second-order valence-electron chi connectivity index (χ2n) is 5.60. The van der Waals surface area contributed by atoms with Gasteiger partial charge in [-0.25, -0.2) is 4.79 Å². The third-order valence-electron chi connectivity index (χ3n) is 3.82. The number of aliphatic hydroxyl groups excluding tert-OH is 1. The maximum Gasteiger partial charge on any atom is 0.337 e. The average molecular weight is 323 g/mol. The average Bonchev–Trinajstić information content (AvgIpc) is 2.54. The molecule has 0 saturated carbocycles. The van der Waals surface area contributed by atoms with E-state index in [0.29, 0.717) is 12.1 Å². The van der Waals surface area contributed by atoms with E-state index < -0.39 is 5.97 Å². The molecule has 0 aromatic heterocycles. The highest BCUT2D eigenvalue weighted by molar-refractivity contribution is 5.95. The molecule has 0 saturated heterocycles. The summed E-state index contributed by atoms with van der Waals surface area (Å²) in [7, 11) is 0. The molecule has 0 bridgehead atoms. The lowest BCUT2D eigenvalue weighted by Crippen LogP contribution is -2.20. The van der Waals surface area contributed by atoms with Crippen molar-refractivity contribution in [3.8, 4) is 16.9 Å². The molecular weight excluding hydrogens is 306 g/mol. The molecule has 2 aromatic rings. The van der Waals surface area contributed by atoms with Crippen molar-refractivity contribution in [2.75, 3.05) is 5.32 Å². The summed E-state index contributed by atoms with van der Waals surface area (Å²) in [6, 6.07) is 11.6. The number of carboxylic acid groups (broad SMARTS) is 1. The number of phenols is 1. The van der Waals surface area contributed by atoms with Gasteiger partial charge in [-0.3, -0.25) is 0 Å². The van der Waals surface area contributed by atoms with Crippen molar-refractivity contribution in [2.24, 2.45) is 0 Å². The van der Waals surface area contributed by atoms with Crippen LogP contribution in [0.15, 0.2) is 66.5 Å². The third kappa shape index (κ3) is 3.41. The fourth-order valence-electron chi connectivity index (χ4n) is 2.68. The van der Waals surface area contributed by atoms with Crippen LogP contribution in [0.5, 0.6) is 5.75 Å². The molecule has 2 aromatic carbocycles. The number of aromatic hydroxyl groups is 1. The lowest BCUT2D eigenvalue weighted by atomic mass is 10.0. The van der Waals surface area contributed by atoms with Gasteiger partial charge in [0.25, 0.3) is 0 Å². The quantitative estimate of drug-likeness (QED) is 0.684. The molecule has 0 aliphatic heterocycles. The summed E-state index contributed by atoms with van der Waals surface area (Å²) in [4.78, 5) is 11.5. The van der Waals surface area contributed by atoms with Crippen LogP contribution in [0.3, 0.4) is 0 Å². The molecule has 5 nitrogen and oxygen atoms in total. The van der Waals surface area contributed by atoms with Gasteiger partial charge in [0.1, 0.15) is 11.5 Å². The van der Waals surface area contributed by atoms with Gasteiger partial charge in [-0.2, -0.15) is 0 Å². The minimum atomic E-state index is -1.03. The Kier molecular flexibility index (Phi) is 4.24. The lowest BCUT2D eigenvalue weighted by molar-refractivity contribution is 0.0698. The van der Waals surface area contributed by atoms with E-state index in [1.54, 1.807) is 42.5 Å². The zero-order chi connectivity index (χ0) is 17.1. The second kappa shape index (κ2) is 6.50. The number of hydrogen-bond donors (Lipinski definition) is 4. The zero-order valence-electron chi connectivity index (χ0n) is 12.8. The van der Waals surface area contributed by atoms with E-state index in [0.717, 1.165) is 11.1 Å². The van der Waals surface area contributed by atoms with Gasteiger partial charge in [0, 0.05) is 5.69 Å². The van der Waals surface area contributed by atoms with Gasteiger partial charge < -0.3 is 20.6 Å². The van der Waals surface area contributed by atoms with Gasteiger partial charge in [-0.1, -0.05) is 24.3 Å². The molecule has 24 heavy (non-hydrogen) atoms. The Balaban J connectivity index is 1.97. The number of rotatable bonds is 4. The Morgan fingerprint density at radius 1 is 1.08 bits per heavy atom. The minimum absolute atomic E-state index is 0.148. The topological polar surface area (TPSA) is 89.8 Å². The Bertz CT molecular complexity index is 839. The Hall–Kier alpha value is -3.21. The highest BCUT2D eigenvalue weighted by Crippen LogP contribution is 2.29. The number of carboxylic acids is 1. The van der Waals surface area contributed by atoms with E-state index in [9.17, 15) is 20.1 Å². The monoisotopic (exact) mass is 323 g/mol. The summed E-state index contributed by atoms with van der Waals surface area (Å²) in [5.41, 5.74) is 2.20. The maximum absolute atomic E-state index is 11.5. The van der Waals surface area contributed by atoms with Crippen LogP contribution in [-0.2, 0) is 0 Å². The molecule has 0 fully saturated rings. The van der Waals surface area contributed by atoms with Gasteiger partial charge in [-0.05, 0) is 54.0 Å². The fourth-order valence-corrected chi connectivity index (χ4v) is 2.68. The fraction of sp³-hybridized carbons (Fsp3) is 0.105. The Morgan fingerprint density at radius 3 is 2.58 bits per heavy atom. The smallest absolute Gasteiger partial charge is 0.337 e. The SMILES string of the molecule is O=C(O)c1ccc(-c2cccc(O)c2)cc1NC1C=C(O)C=CC1. The highest BCUT2D eigenvalue weighted by atomic mass is 16.4. The van der Waals surface area contributed by atoms with E-state index >= 15 is 0 Å². The van der Waals surface area contributed by atoms with E-state index in [-0.39, 0.29) is 23.1 Å². The molecule has 0 radical (unpaired) electrons. The van der Waals surface area contributed by atoms with Crippen LogP contribution >= 0.6 is 0 Å². The molecule has 0 heterocycles. The van der Waals surface area contributed by atoms with Gasteiger partial charge in [-0.15, -0.1) is 0 Å². The number of aliphatic hydroxyl groups is 1. The summed E-state index contributed by atoms with van der Waals surface area (Å²) in [6.07, 6.45) is 5.73. The zero-order valence-corrected chi connectivity index (χ0v) is 12.8. The van der Waals surface area contributed by atoms with Crippen LogP contribution in [0.25, 0.3) is 11.1 Å². The second-order valence-corrected chi connectivity index (χ2v) is 5.60. The summed E-state index contributed by atoms with van der Waals surface area (Å²) in [5.74, 6) is -0.728. The number of benzene rings is 2. The highest BCUT2D eigenvalue weighted by Gasteiger charge is 2.16. The summed E-state index contributed by atoms with van der Waals surface area (Å²) in [5, 5.41) is 31.8. The standard InChI is InChI=1S/C19H17NO4/c21-15-5-1-3-12(9-15)13-7-8-17(19(23)24)18(10-13)20-14-4-2-6-16(22)11-14/h1-3,5-11,14,20-22H,4H2,(H,23,24). The maximum atomic E-state index is 11.5. The van der Waals surface area contributed by atoms with Crippen LogP contribution in [-0.4, -0.2) is 27.3 Å². The molecule has 1 unspecified atom stereocenters. The molecule has 4 N–H and O–H groups in total. The first-order valence-electron chi connectivity index (χ1n) is 7.53. The first-order valence-corrected chi connectivity index (χ1v) is 7.53. The molecular formula is C19H17NO4. The number of carbonyl (C=O) groups is 1. The van der Waals surface area contributed by atoms with Gasteiger partial charge >= 0.3 is 5.97 Å². The number of allylic oxidation sites excluding steroid dienone is 1. The van der Waals surface area contributed by atoms with E-state index in [4.69, 9.17) is 0 Å². The van der Waals surface area contributed by atoms with Gasteiger partial charge in [0.2, 0.25) is 0 Å². The summed E-state index contributed by atoms with van der Waals surface area (Å²) in [6.45, 7) is 0. The van der Waals surface area contributed by atoms with Crippen molar-refractivity contribution in [3.05, 3.63) is 72.0 Å². The first-order chi connectivity index (χ1) is 11.5. The Morgan fingerprint density at radius 2 is 1.88 bits per heavy atom. The molecule has 0 amide bonds. The number of phenolic OH excluding ortho intramolecular Hbond substituents is 1. The molecule has 1 aliphatic carbocycles. The first kappa shape index (κ1) is 15.7. The Labute approximate surface area is 139 Å². The van der Waals surface area contributed by atoms with Crippen LogP contribution in [0, 0.1) is 0 Å². The predicted molar refractivity (Wildman–Crippen MR) is 92.4 cm³/mol. The van der Waals surface area contributed by atoms with Crippen LogP contribution in [0.4, 0.5) is 5.69 Å². The van der Waals surface area contributed by atoms with Crippen molar-refractivity contribution in [3.63, 3.8) is 0 Å². The summed E-state index contributed by atoms with van der Waals surface area (Å²) >= 11 is 0. The lowest BCUT2D eigenvalue weighted by Gasteiger charge is -2.19.